The third-order valence-corrected chi connectivity index (χ3v) is 3.64. The number of hydrogen-bond acceptors (Lipinski definition) is 3. The predicted molar refractivity (Wildman–Crippen MR) is 78.8 cm³/mol. The Labute approximate surface area is 115 Å². The Bertz CT molecular complexity index is 800. The summed E-state index contributed by atoms with van der Waals surface area (Å²) >= 11 is 0. The van der Waals surface area contributed by atoms with Crippen LogP contribution in [0.25, 0.3) is 5.70 Å². The quantitative estimate of drug-likeness (QED) is 0.843. The van der Waals surface area contributed by atoms with Crippen LogP contribution in [0, 0.1) is 0 Å². The molecule has 0 atom stereocenters. The van der Waals surface area contributed by atoms with Crippen LogP contribution in [0.15, 0.2) is 46.0 Å². The monoisotopic (exact) mass is 269 g/mol. The number of anilines is 1. The fraction of sp³-hybridized carbons (Fsp3) is 0.200. The van der Waals surface area contributed by atoms with Crippen molar-refractivity contribution < 1.29 is 0 Å². The summed E-state index contributed by atoms with van der Waals surface area (Å²) in [4.78, 5) is 28.5. The summed E-state index contributed by atoms with van der Waals surface area (Å²) in [6.45, 7) is 0. The van der Waals surface area contributed by atoms with E-state index >= 15 is 0 Å². The van der Waals surface area contributed by atoms with Crippen LogP contribution in [0.1, 0.15) is 11.1 Å². The second-order valence-corrected chi connectivity index (χ2v) is 4.84. The van der Waals surface area contributed by atoms with Crippen LogP contribution in [0.3, 0.4) is 0 Å². The van der Waals surface area contributed by atoms with Crippen molar-refractivity contribution in [2.45, 2.75) is 6.42 Å². The van der Waals surface area contributed by atoms with Gasteiger partial charge in [0, 0.05) is 26.2 Å². The summed E-state index contributed by atoms with van der Waals surface area (Å²) in [6, 6.07) is 9.90. The molecule has 5 heteroatoms. The zero-order valence-corrected chi connectivity index (χ0v) is 11.4. The molecule has 2 heterocycles. The van der Waals surface area contributed by atoms with Crippen LogP contribution < -0.4 is 16.1 Å². The standard InChI is InChI=1S/C15H15N3O2/c1-17-12(10-6-4-3-5-7-10)9-8-11-13(17)16-15(20)18(2)14(11)19/h3-7,9H,8H2,1-2H3,(H,16,20). The highest BCUT2D eigenvalue weighted by atomic mass is 16.2. The van der Waals surface area contributed by atoms with Crippen molar-refractivity contribution in [2.24, 2.45) is 7.05 Å². The van der Waals surface area contributed by atoms with Gasteiger partial charge in [0.1, 0.15) is 5.82 Å². The Morgan fingerprint density at radius 2 is 1.80 bits per heavy atom. The number of aromatic nitrogens is 2. The average Bonchev–Trinajstić information content (AvgIpc) is 2.47. The second-order valence-electron chi connectivity index (χ2n) is 4.84. The van der Waals surface area contributed by atoms with Crippen LogP contribution in [0.5, 0.6) is 0 Å². The molecule has 102 valence electrons. The number of rotatable bonds is 1. The van der Waals surface area contributed by atoms with E-state index in [0.717, 1.165) is 15.8 Å². The van der Waals surface area contributed by atoms with Crippen molar-refractivity contribution >= 4 is 11.5 Å². The van der Waals surface area contributed by atoms with Crippen molar-refractivity contribution in [3.8, 4) is 0 Å². The smallest absolute Gasteiger partial charge is 0.329 e. The average molecular weight is 269 g/mol. The molecule has 5 nitrogen and oxygen atoms in total. The van der Waals surface area contributed by atoms with Gasteiger partial charge in [-0.3, -0.25) is 14.3 Å². The number of aromatic amines is 1. The molecule has 0 fully saturated rings. The molecule has 0 radical (unpaired) electrons. The molecule has 1 aromatic heterocycles. The Morgan fingerprint density at radius 3 is 2.50 bits per heavy atom. The van der Waals surface area contributed by atoms with Crippen molar-refractivity contribution in [1.29, 1.82) is 0 Å². The highest BCUT2D eigenvalue weighted by Crippen LogP contribution is 2.28. The van der Waals surface area contributed by atoms with E-state index in [1.165, 1.54) is 7.05 Å². The molecule has 0 spiro atoms. The minimum Gasteiger partial charge on any atom is -0.330 e. The second kappa shape index (κ2) is 4.52. The van der Waals surface area contributed by atoms with Crippen LogP contribution in [-0.2, 0) is 13.5 Å². The van der Waals surface area contributed by atoms with Gasteiger partial charge in [-0.15, -0.1) is 0 Å². The summed E-state index contributed by atoms with van der Waals surface area (Å²) < 4.78 is 1.11. The fourth-order valence-electron chi connectivity index (χ4n) is 2.50. The summed E-state index contributed by atoms with van der Waals surface area (Å²) in [5, 5.41) is 0. The molecule has 0 bridgehead atoms. The zero-order valence-electron chi connectivity index (χ0n) is 11.4. The van der Waals surface area contributed by atoms with Crippen LogP contribution >= 0.6 is 0 Å². The Balaban J connectivity index is 2.16. The van der Waals surface area contributed by atoms with Gasteiger partial charge in [0.25, 0.3) is 5.56 Å². The normalized spacial score (nSPS) is 13.9. The first-order chi connectivity index (χ1) is 9.59. The number of nitrogens with one attached hydrogen (secondary N) is 1. The molecule has 1 aliphatic heterocycles. The largest absolute Gasteiger partial charge is 0.330 e. The van der Waals surface area contributed by atoms with Crippen molar-refractivity contribution in [1.82, 2.24) is 9.55 Å². The van der Waals surface area contributed by atoms with E-state index in [4.69, 9.17) is 0 Å². The highest BCUT2D eigenvalue weighted by Gasteiger charge is 2.22. The number of allylic oxidation sites excluding steroid dienone is 1. The number of nitrogens with zero attached hydrogens (tertiary/aromatic N) is 2. The van der Waals surface area contributed by atoms with Gasteiger partial charge in [0.2, 0.25) is 0 Å². The Morgan fingerprint density at radius 1 is 1.10 bits per heavy atom. The third-order valence-electron chi connectivity index (χ3n) is 3.64. The van der Waals surface area contributed by atoms with Crippen LogP contribution in [0.4, 0.5) is 5.82 Å². The van der Waals surface area contributed by atoms with Gasteiger partial charge < -0.3 is 4.90 Å². The van der Waals surface area contributed by atoms with Crippen LogP contribution in [-0.4, -0.2) is 16.6 Å². The lowest BCUT2D eigenvalue weighted by atomic mass is 10.0. The Kier molecular flexibility index (Phi) is 2.82. The molecule has 3 rings (SSSR count). The highest BCUT2D eigenvalue weighted by molar-refractivity contribution is 5.80. The molecular weight excluding hydrogens is 254 g/mol. The molecule has 0 unspecified atom stereocenters. The lowest BCUT2D eigenvalue weighted by molar-refractivity contribution is 0.753. The summed E-state index contributed by atoms with van der Waals surface area (Å²) in [6.07, 6.45) is 2.53. The van der Waals surface area contributed by atoms with E-state index in [1.54, 1.807) is 0 Å². The maximum atomic E-state index is 12.1. The van der Waals surface area contributed by atoms with E-state index in [2.05, 4.69) is 4.98 Å². The number of fused-ring (bicyclic) bond motifs is 1. The molecule has 1 aliphatic rings. The topological polar surface area (TPSA) is 58.1 Å². The van der Waals surface area contributed by atoms with Gasteiger partial charge in [-0.25, -0.2) is 4.79 Å². The lowest BCUT2D eigenvalue weighted by Crippen LogP contribution is -2.39. The number of H-pyrrole nitrogens is 1. The Hall–Kier alpha value is -2.56. The predicted octanol–water partition coefficient (Wildman–Crippen LogP) is 1.11. The van der Waals surface area contributed by atoms with Gasteiger partial charge in [-0.05, 0) is 5.56 Å². The van der Waals surface area contributed by atoms with Crippen molar-refractivity contribution in [3.05, 3.63) is 68.4 Å². The van der Waals surface area contributed by atoms with E-state index < -0.39 is 5.69 Å². The van der Waals surface area contributed by atoms with Crippen LogP contribution in [0.2, 0.25) is 0 Å². The molecule has 0 saturated carbocycles. The fourth-order valence-corrected chi connectivity index (χ4v) is 2.50. The zero-order chi connectivity index (χ0) is 14.3. The molecule has 0 aliphatic carbocycles. The van der Waals surface area contributed by atoms with Crippen molar-refractivity contribution in [2.75, 3.05) is 11.9 Å². The van der Waals surface area contributed by atoms with E-state index in [0.29, 0.717) is 17.8 Å². The van der Waals surface area contributed by atoms with Gasteiger partial charge >= 0.3 is 5.69 Å². The number of hydrogen-bond donors (Lipinski definition) is 1. The molecule has 1 aromatic carbocycles. The molecule has 20 heavy (non-hydrogen) atoms. The van der Waals surface area contributed by atoms with Gasteiger partial charge in [0.15, 0.2) is 0 Å². The lowest BCUT2D eigenvalue weighted by Gasteiger charge is -2.28. The molecule has 0 saturated heterocycles. The van der Waals surface area contributed by atoms with Gasteiger partial charge in [-0.1, -0.05) is 36.4 Å². The minimum atomic E-state index is -0.394. The molecule has 1 N–H and O–H groups in total. The third kappa shape index (κ3) is 1.79. The van der Waals surface area contributed by atoms with E-state index in [1.807, 2.05) is 48.4 Å². The van der Waals surface area contributed by atoms with E-state index in [-0.39, 0.29) is 5.56 Å². The first-order valence-electron chi connectivity index (χ1n) is 6.41. The minimum absolute atomic E-state index is 0.237. The molecule has 2 aromatic rings. The maximum Gasteiger partial charge on any atom is 0.329 e. The SMILES string of the molecule is CN1C(c2ccccc2)=CCc2c1[nH]c(=O)n(C)c2=O. The number of benzene rings is 1. The first kappa shape index (κ1) is 12.5. The molecule has 0 amide bonds. The first-order valence-corrected chi connectivity index (χ1v) is 6.41. The van der Waals surface area contributed by atoms with E-state index in [9.17, 15) is 9.59 Å². The summed E-state index contributed by atoms with van der Waals surface area (Å²) in [5.41, 5.74) is 2.03. The van der Waals surface area contributed by atoms with Gasteiger partial charge in [0.05, 0.1) is 5.56 Å². The van der Waals surface area contributed by atoms with Crippen molar-refractivity contribution in [3.63, 3.8) is 0 Å². The summed E-state index contributed by atoms with van der Waals surface area (Å²) in [5.74, 6) is 0.583. The summed E-state index contributed by atoms with van der Waals surface area (Å²) in [7, 11) is 3.34. The maximum absolute atomic E-state index is 12.1. The van der Waals surface area contributed by atoms with Gasteiger partial charge in [-0.2, -0.15) is 0 Å². The molecular formula is C15H15N3O2.